The summed E-state index contributed by atoms with van der Waals surface area (Å²) < 4.78 is 0. The van der Waals surface area contributed by atoms with Crippen molar-refractivity contribution >= 4 is 23.5 Å². The van der Waals surface area contributed by atoms with Gasteiger partial charge in [-0.25, -0.2) is 0 Å². The maximum Gasteiger partial charge on any atom is 0.231 e. The van der Waals surface area contributed by atoms with Crippen molar-refractivity contribution in [3.05, 3.63) is 5.28 Å². The summed E-state index contributed by atoms with van der Waals surface area (Å²) in [5.41, 5.74) is 0. The van der Waals surface area contributed by atoms with E-state index in [4.69, 9.17) is 11.6 Å². The molecule has 1 aliphatic rings. The summed E-state index contributed by atoms with van der Waals surface area (Å²) in [7, 11) is 3.82. The molecule has 1 saturated heterocycles. The molecule has 0 amide bonds. The molecule has 1 fully saturated rings. The van der Waals surface area contributed by atoms with Gasteiger partial charge in [0.2, 0.25) is 17.2 Å². The number of halogens is 1. The molecular weight excluding hydrogens is 262 g/mol. The second-order valence-corrected chi connectivity index (χ2v) is 5.54. The molecule has 0 aromatic carbocycles. The average Bonchev–Trinajstić information content (AvgIpc) is 2.62. The lowest BCUT2D eigenvalue weighted by Crippen LogP contribution is -2.36. The number of anilines is 2. The Hall–Kier alpha value is -1.10. The molecule has 0 aliphatic carbocycles. The maximum atomic E-state index is 6.03. The average molecular weight is 284 g/mol. The first-order chi connectivity index (χ1) is 9.11. The first kappa shape index (κ1) is 14.3. The summed E-state index contributed by atoms with van der Waals surface area (Å²) in [6.45, 7) is 3.23. The Morgan fingerprint density at radius 1 is 1.21 bits per heavy atom. The molecule has 0 radical (unpaired) electrons. The highest BCUT2D eigenvalue weighted by molar-refractivity contribution is 6.28. The Bertz CT molecular complexity index is 423. The second-order valence-electron chi connectivity index (χ2n) is 5.20. The van der Waals surface area contributed by atoms with E-state index in [1.165, 1.54) is 25.7 Å². The Morgan fingerprint density at radius 3 is 2.68 bits per heavy atom. The first-order valence-corrected chi connectivity index (χ1v) is 7.35. The zero-order valence-corrected chi connectivity index (χ0v) is 12.7. The molecule has 1 unspecified atom stereocenters. The van der Waals surface area contributed by atoms with Gasteiger partial charge in [-0.1, -0.05) is 19.8 Å². The van der Waals surface area contributed by atoms with Crippen LogP contribution in [0, 0.1) is 0 Å². The van der Waals surface area contributed by atoms with Crippen LogP contribution in [0.15, 0.2) is 0 Å². The van der Waals surface area contributed by atoms with Crippen molar-refractivity contribution < 1.29 is 0 Å². The van der Waals surface area contributed by atoms with Crippen LogP contribution < -0.4 is 9.80 Å². The lowest BCUT2D eigenvalue weighted by molar-refractivity contribution is 0.546. The fourth-order valence-electron chi connectivity index (χ4n) is 2.52. The third-order valence-electron chi connectivity index (χ3n) is 3.59. The minimum Gasteiger partial charge on any atom is -0.347 e. The zero-order valence-electron chi connectivity index (χ0n) is 11.9. The Kier molecular flexibility index (Phi) is 4.80. The topological polar surface area (TPSA) is 45.2 Å². The number of nitrogens with zero attached hydrogens (tertiary/aromatic N) is 5. The van der Waals surface area contributed by atoms with Gasteiger partial charge in [0.25, 0.3) is 0 Å². The Labute approximate surface area is 120 Å². The van der Waals surface area contributed by atoms with Gasteiger partial charge in [-0.15, -0.1) is 0 Å². The molecule has 1 aromatic rings. The van der Waals surface area contributed by atoms with Gasteiger partial charge in [0.05, 0.1) is 0 Å². The third-order valence-corrected chi connectivity index (χ3v) is 3.76. The fraction of sp³-hybridized carbons (Fsp3) is 0.769. The molecule has 0 N–H and O–H groups in total. The van der Waals surface area contributed by atoms with E-state index in [2.05, 4.69) is 26.8 Å². The molecule has 5 nitrogen and oxygen atoms in total. The van der Waals surface area contributed by atoms with Crippen molar-refractivity contribution in [1.82, 2.24) is 15.0 Å². The Balaban J connectivity index is 2.32. The molecule has 2 heterocycles. The van der Waals surface area contributed by atoms with E-state index in [1.807, 2.05) is 19.0 Å². The number of aromatic nitrogens is 3. The molecule has 2 rings (SSSR count). The molecule has 1 aliphatic heterocycles. The monoisotopic (exact) mass is 283 g/mol. The van der Waals surface area contributed by atoms with Crippen molar-refractivity contribution in [3.63, 3.8) is 0 Å². The van der Waals surface area contributed by atoms with Gasteiger partial charge in [0.15, 0.2) is 0 Å². The fourth-order valence-corrected chi connectivity index (χ4v) is 2.67. The highest BCUT2D eigenvalue weighted by Crippen LogP contribution is 2.24. The van der Waals surface area contributed by atoms with Crippen LogP contribution in [0.5, 0.6) is 0 Å². The predicted molar refractivity (Wildman–Crippen MR) is 79.1 cm³/mol. The lowest BCUT2D eigenvalue weighted by atomic mass is 10.1. The minimum absolute atomic E-state index is 0.271. The first-order valence-electron chi connectivity index (χ1n) is 6.97. The SMILES string of the molecule is CCC1CCCCCN1c1nc(Cl)nc(N(C)C)n1. The molecule has 106 valence electrons. The van der Waals surface area contributed by atoms with Crippen LogP contribution >= 0.6 is 11.6 Å². The van der Waals surface area contributed by atoms with E-state index in [0.717, 1.165) is 18.9 Å². The van der Waals surface area contributed by atoms with E-state index in [1.54, 1.807) is 0 Å². The third kappa shape index (κ3) is 3.47. The highest BCUT2D eigenvalue weighted by atomic mass is 35.5. The summed E-state index contributed by atoms with van der Waals surface area (Å²) in [5, 5.41) is 0.271. The standard InChI is InChI=1S/C13H22ClN5/c1-4-10-8-6-5-7-9-19(10)13-16-11(14)15-12(17-13)18(2)3/h10H,4-9H2,1-3H3. The molecular formula is C13H22ClN5. The quantitative estimate of drug-likeness (QED) is 0.853. The van der Waals surface area contributed by atoms with Crippen molar-refractivity contribution in [1.29, 1.82) is 0 Å². The van der Waals surface area contributed by atoms with Crippen LogP contribution in [-0.4, -0.2) is 41.6 Å². The van der Waals surface area contributed by atoms with Gasteiger partial charge in [0.1, 0.15) is 0 Å². The molecule has 6 heteroatoms. The van der Waals surface area contributed by atoms with E-state index in [0.29, 0.717) is 12.0 Å². The van der Waals surface area contributed by atoms with E-state index in [-0.39, 0.29) is 5.28 Å². The van der Waals surface area contributed by atoms with Gasteiger partial charge in [-0.05, 0) is 30.9 Å². The summed E-state index contributed by atoms with van der Waals surface area (Å²) in [4.78, 5) is 17.2. The zero-order chi connectivity index (χ0) is 13.8. The van der Waals surface area contributed by atoms with Crippen molar-refractivity contribution in [3.8, 4) is 0 Å². The van der Waals surface area contributed by atoms with Gasteiger partial charge in [-0.3, -0.25) is 0 Å². The van der Waals surface area contributed by atoms with Gasteiger partial charge < -0.3 is 9.80 Å². The summed E-state index contributed by atoms with van der Waals surface area (Å²) in [5.74, 6) is 1.34. The molecule has 1 aromatic heterocycles. The largest absolute Gasteiger partial charge is 0.347 e. The van der Waals surface area contributed by atoms with E-state index in [9.17, 15) is 0 Å². The molecule has 0 bridgehead atoms. The van der Waals surface area contributed by atoms with Crippen molar-refractivity contribution in [2.24, 2.45) is 0 Å². The number of hydrogen-bond acceptors (Lipinski definition) is 5. The molecule has 1 atom stereocenters. The van der Waals surface area contributed by atoms with E-state index >= 15 is 0 Å². The van der Waals surface area contributed by atoms with Gasteiger partial charge in [-0.2, -0.15) is 15.0 Å². The van der Waals surface area contributed by atoms with Crippen LogP contribution in [0.4, 0.5) is 11.9 Å². The van der Waals surface area contributed by atoms with Crippen LogP contribution in [0.1, 0.15) is 39.0 Å². The van der Waals surface area contributed by atoms with Gasteiger partial charge >= 0.3 is 0 Å². The summed E-state index contributed by atoms with van der Waals surface area (Å²) in [6, 6.07) is 0.510. The molecule has 0 saturated carbocycles. The second kappa shape index (κ2) is 6.37. The number of rotatable bonds is 3. The van der Waals surface area contributed by atoms with Crippen LogP contribution in [0.3, 0.4) is 0 Å². The molecule has 19 heavy (non-hydrogen) atoms. The van der Waals surface area contributed by atoms with Crippen LogP contribution in [0.25, 0.3) is 0 Å². The Morgan fingerprint density at radius 2 is 2.00 bits per heavy atom. The van der Waals surface area contributed by atoms with Gasteiger partial charge in [0, 0.05) is 26.7 Å². The van der Waals surface area contributed by atoms with Crippen molar-refractivity contribution in [2.75, 3.05) is 30.4 Å². The molecule has 0 spiro atoms. The van der Waals surface area contributed by atoms with Crippen LogP contribution in [-0.2, 0) is 0 Å². The van der Waals surface area contributed by atoms with E-state index < -0.39 is 0 Å². The van der Waals surface area contributed by atoms with Crippen molar-refractivity contribution in [2.45, 2.75) is 45.1 Å². The maximum absolute atomic E-state index is 6.03. The number of hydrogen-bond donors (Lipinski definition) is 0. The smallest absolute Gasteiger partial charge is 0.231 e. The normalized spacial score (nSPS) is 20.2. The summed E-state index contributed by atoms with van der Waals surface area (Å²) in [6.07, 6.45) is 6.08. The van der Waals surface area contributed by atoms with Crippen LogP contribution in [0.2, 0.25) is 5.28 Å². The lowest BCUT2D eigenvalue weighted by Gasteiger charge is -2.29. The summed E-state index contributed by atoms with van der Waals surface area (Å²) >= 11 is 6.03. The predicted octanol–water partition coefficient (Wildman–Crippen LogP) is 2.75. The highest BCUT2D eigenvalue weighted by Gasteiger charge is 2.23. The minimum atomic E-state index is 0.271.